The molecule has 0 aliphatic carbocycles. The first-order chi connectivity index (χ1) is 12.1. The molecule has 5 nitrogen and oxygen atoms in total. The first-order valence-corrected chi connectivity index (χ1v) is 8.45. The Morgan fingerprint density at radius 2 is 1.92 bits per heavy atom. The largest absolute Gasteiger partial charge is 0.339 e. The normalized spacial score (nSPS) is 17.3. The molecule has 4 rings (SSSR count). The summed E-state index contributed by atoms with van der Waals surface area (Å²) in [4.78, 5) is 18.6. The van der Waals surface area contributed by atoms with Crippen molar-refractivity contribution in [2.75, 3.05) is 11.4 Å². The van der Waals surface area contributed by atoms with Crippen molar-refractivity contribution in [3.8, 4) is 11.4 Å². The van der Waals surface area contributed by atoms with E-state index in [9.17, 15) is 4.79 Å². The fourth-order valence-corrected chi connectivity index (χ4v) is 3.20. The van der Waals surface area contributed by atoms with Gasteiger partial charge in [-0.25, -0.2) is 0 Å². The smallest absolute Gasteiger partial charge is 0.232 e. The maximum absolute atomic E-state index is 12.4. The zero-order valence-corrected chi connectivity index (χ0v) is 14.4. The zero-order chi connectivity index (χ0) is 17.4. The molecule has 0 saturated carbocycles. The number of carbonyl (C=O) groups is 1. The maximum Gasteiger partial charge on any atom is 0.232 e. The topological polar surface area (TPSA) is 59.2 Å². The maximum atomic E-state index is 12.4. The van der Waals surface area contributed by atoms with E-state index in [1.807, 2.05) is 43.3 Å². The van der Waals surface area contributed by atoms with Crippen LogP contribution in [0.4, 0.5) is 5.69 Å². The molecule has 1 aromatic heterocycles. The van der Waals surface area contributed by atoms with E-state index in [4.69, 9.17) is 16.1 Å². The molecule has 3 aromatic rings. The van der Waals surface area contributed by atoms with Crippen molar-refractivity contribution in [3.05, 3.63) is 65.0 Å². The molecule has 1 amide bonds. The van der Waals surface area contributed by atoms with Gasteiger partial charge in [-0.05, 0) is 36.8 Å². The van der Waals surface area contributed by atoms with E-state index in [1.165, 1.54) is 0 Å². The molecule has 126 valence electrons. The van der Waals surface area contributed by atoms with Gasteiger partial charge in [0.15, 0.2) is 0 Å². The second-order valence-corrected chi connectivity index (χ2v) is 6.59. The molecule has 2 aromatic carbocycles. The van der Waals surface area contributed by atoms with Crippen molar-refractivity contribution in [2.24, 2.45) is 0 Å². The minimum Gasteiger partial charge on any atom is -0.339 e. The van der Waals surface area contributed by atoms with E-state index in [0.717, 1.165) is 16.8 Å². The van der Waals surface area contributed by atoms with Gasteiger partial charge in [-0.1, -0.05) is 41.0 Å². The van der Waals surface area contributed by atoms with Crippen molar-refractivity contribution in [1.29, 1.82) is 0 Å². The fraction of sp³-hybridized carbons (Fsp3) is 0.211. The first kappa shape index (κ1) is 15.8. The van der Waals surface area contributed by atoms with Gasteiger partial charge in [-0.3, -0.25) is 4.79 Å². The minimum atomic E-state index is -0.103. The quantitative estimate of drug-likeness (QED) is 0.707. The monoisotopic (exact) mass is 353 g/mol. The fourth-order valence-electron chi connectivity index (χ4n) is 3.08. The van der Waals surface area contributed by atoms with Crippen LogP contribution in [0.3, 0.4) is 0 Å². The van der Waals surface area contributed by atoms with Crippen molar-refractivity contribution >= 4 is 23.2 Å². The second kappa shape index (κ2) is 6.33. The summed E-state index contributed by atoms with van der Waals surface area (Å²) in [5.74, 6) is 1.00. The van der Waals surface area contributed by atoms with Crippen LogP contribution in [0.5, 0.6) is 0 Å². The van der Waals surface area contributed by atoms with Gasteiger partial charge in [0.05, 0.1) is 5.92 Å². The van der Waals surface area contributed by atoms with E-state index in [-0.39, 0.29) is 11.8 Å². The molecule has 6 heteroatoms. The van der Waals surface area contributed by atoms with Crippen LogP contribution in [0.1, 0.15) is 23.8 Å². The highest BCUT2D eigenvalue weighted by atomic mass is 35.5. The van der Waals surface area contributed by atoms with Gasteiger partial charge in [-0.2, -0.15) is 4.98 Å². The molecule has 1 aliphatic heterocycles. The van der Waals surface area contributed by atoms with Gasteiger partial charge >= 0.3 is 0 Å². The van der Waals surface area contributed by atoms with Gasteiger partial charge in [0.1, 0.15) is 0 Å². The number of aromatic nitrogens is 2. The van der Waals surface area contributed by atoms with Gasteiger partial charge in [-0.15, -0.1) is 0 Å². The van der Waals surface area contributed by atoms with Crippen molar-refractivity contribution in [3.63, 3.8) is 0 Å². The van der Waals surface area contributed by atoms with E-state index < -0.39 is 0 Å². The van der Waals surface area contributed by atoms with E-state index in [2.05, 4.69) is 10.1 Å². The van der Waals surface area contributed by atoms with Crippen LogP contribution in [-0.4, -0.2) is 22.6 Å². The van der Waals surface area contributed by atoms with Crippen LogP contribution in [0.2, 0.25) is 5.02 Å². The molecular formula is C19H16ClN3O2. The average Bonchev–Trinajstić information content (AvgIpc) is 3.23. The number of hydrogen-bond donors (Lipinski definition) is 0. The summed E-state index contributed by atoms with van der Waals surface area (Å²) >= 11 is 5.92. The third-order valence-electron chi connectivity index (χ3n) is 4.44. The summed E-state index contributed by atoms with van der Waals surface area (Å²) in [6, 6.07) is 15.1. The van der Waals surface area contributed by atoms with Gasteiger partial charge in [0.2, 0.25) is 17.6 Å². The van der Waals surface area contributed by atoms with Gasteiger partial charge < -0.3 is 9.42 Å². The summed E-state index contributed by atoms with van der Waals surface area (Å²) in [5, 5.41) is 4.74. The molecule has 1 aliphatic rings. The number of nitrogens with zero attached hydrogens (tertiary/aromatic N) is 3. The molecule has 25 heavy (non-hydrogen) atoms. The average molecular weight is 354 g/mol. The summed E-state index contributed by atoms with van der Waals surface area (Å²) in [5.41, 5.74) is 2.85. The number of aryl methyl sites for hydroxylation is 1. The van der Waals surface area contributed by atoms with Crippen LogP contribution in [0.15, 0.2) is 53.1 Å². The molecule has 0 N–H and O–H groups in total. The van der Waals surface area contributed by atoms with E-state index in [1.54, 1.807) is 17.0 Å². The Morgan fingerprint density at radius 1 is 1.16 bits per heavy atom. The molecule has 0 unspecified atom stereocenters. The highest BCUT2D eigenvalue weighted by molar-refractivity contribution is 6.30. The Morgan fingerprint density at radius 3 is 2.68 bits per heavy atom. The van der Waals surface area contributed by atoms with E-state index in [0.29, 0.717) is 29.7 Å². The SMILES string of the molecule is Cc1ccccc1-c1noc([C@@H]2CC(=O)N(c3ccc(Cl)cc3)C2)n1. The third-order valence-corrected chi connectivity index (χ3v) is 4.69. The van der Waals surface area contributed by atoms with Gasteiger partial charge in [0, 0.05) is 29.2 Å². The zero-order valence-electron chi connectivity index (χ0n) is 13.6. The molecule has 1 atom stereocenters. The van der Waals surface area contributed by atoms with Crippen LogP contribution in [-0.2, 0) is 4.79 Å². The molecular weight excluding hydrogens is 338 g/mol. The number of carbonyl (C=O) groups excluding carboxylic acids is 1. The molecule has 2 heterocycles. The Hall–Kier alpha value is -2.66. The summed E-state index contributed by atoms with van der Waals surface area (Å²) < 4.78 is 5.45. The Bertz CT molecular complexity index is 920. The highest BCUT2D eigenvalue weighted by Gasteiger charge is 2.35. The summed E-state index contributed by atoms with van der Waals surface area (Å²) in [7, 11) is 0. The van der Waals surface area contributed by atoms with Crippen LogP contribution >= 0.6 is 11.6 Å². The Kier molecular flexibility index (Phi) is 4.01. The standard InChI is InChI=1S/C19H16ClN3O2/c1-12-4-2-3-5-16(12)18-21-19(25-22-18)13-10-17(24)23(11-13)15-8-6-14(20)7-9-15/h2-9,13H,10-11H2,1H3/t13-/m1/s1. The minimum absolute atomic E-state index is 0.0444. The Balaban J connectivity index is 1.57. The first-order valence-electron chi connectivity index (χ1n) is 8.07. The van der Waals surface area contributed by atoms with Crippen molar-refractivity contribution in [2.45, 2.75) is 19.3 Å². The lowest BCUT2D eigenvalue weighted by atomic mass is 10.1. The highest BCUT2D eigenvalue weighted by Crippen LogP contribution is 2.32. The number of amides is 1. The molecule has 0 radical (unpaired) electrons. The van der Waals surface area contributed by atoms with Crippen LogP contribution in [0, 0.1) is 6.92 Å². The van der Waals surface area contributed by atoms with Crippen LogP contribution in [0.25, 0.3) is 11.4 Å². The number of anilines is 1. The van der Waals surface area contributed by atoms with Gasteiger partial charge in [0.25, 0.3) is 0 Å². The molecule has 0 bridgehead atoms. The number of rotatable bonds is 3. The van der Waals surface area contributed by atoms with Crippen molar-refractivity contribution in [1.82, 2.24) is 10.1 Å². The lowest BCUT2D eigenvalue weighted by Crippen LogP contribution is -2.24. The van der Waals surface area contributed by atoms with Crippen LogP contribution < -0.4 is 4.90 Å². The van der Waals surface area contributed by atoms with E-state index >= 15 is 0 Å². The molecule has 0 spiro atoms. The number of hydrogen-bond acceptors (Lipinski definition) is 4. The summed E-state index contributed by atoms with van der Waals surface area (Å²) in [6.07, 6.45) is 0.359. The number of halogens is 1. The molecule has 1 saturated heterocycles. The van der Waals surface area contributed by atoms with Crippen molar-refractivity contribution < 1.29 is 9.32 Å². The third kappa shape index (κ3) is 3.03. The predicted molar refractivity (Wildman–Crippen MR) is 95.6 cm³/mol. The lowest BCUT2D eigenvalue weighted by Gasteiger charge is -2.15. The molecule has 1 fully saturated rings. The number of benzene rings is 2. The summed E-state index contributed by atoms with van der Waals surface area (Å²) in [6.45, 7) is 2.53. The lowest BCUT2D eigenvalue weighted by molar-refractivity contribution is -0.117. The Labute approximate surface area is 150 Å². The second-order valence-electron chi connectivity index (χ2n) is 6.15. The predicted octanol–water partition coefficient (Wildman–Crippen LogP) is 4.22.